The zero-order valence-electron chi connectivity index (χ0n) is 22.2. The molecule has 0 atom stereocenters. The molecule has 0 radical (unpaired) electrons. The van der Waals surface area contributed by atoms with Gasteiger partial charge in [0.15, 0.2) is 0 Å². The van der Waals surface area contributed by atoms with Crippen molar-refractivity contribution in [3.63, 3.8) is 0 Å². The van der Waals surface area contributed by atoms with E-state index in [1.807, 2.05) is 48.5 Å². The minimum atomic E-state index is 0.448. The molecule has 0 saturated heterocycles. The second-order valence-electron chi connectivity index (χ2n) is 9.21. The van der Waals surface area contributed by atoms with Gasteiger partial charge in [0.05, 0.1) is 35.9 Å². The fraction of sp³-hybridized carbons (Fsp3) is 0.344. The van der Waals surface area contributed by atoms with Crippen LogP contribution in [0.3, 0.4) is 0 Å². The highest BCUT2D eigenvalue weighted by molar-refractivity contribution is 6.18. The number of fused-ring (bicyclic) bond motifs is 1. The summed E-state index contributed by atoms with van der Waals surface area (Å²) in [6, 6.07) is 24.6. The first-order valence-corrected chi connectivity index (χ1v) is 13.9. The smallest absolute Gasteiger partial charge is 0.120 e. The Morgan fingerprint density at radius 2 is 1.34 bits per heavy atom. The maximum Gasteiger partial charge on any atom is 0.120 e. The SMILES string of the molecule is CCCCOc1ccc(-c2c(C#N)c3cc(OCCCC)ccc3n2Cc2ccc(OCCCl)cc2)cc1. The minimum absolute atomic E-state index is 0.448. The Morgan fingerprint density at radius 1 is 0.763 bits per heavy atom. The predicted octanol–water partition coefficient (Wildman–Crippen LogP) is 8.20. The number of hydrogen-bond acceptors (Lipinski definition) is 4. The molecule has 0 unspecified atom stereocenters. The van der Waals surface area contributed by atoms with Crippen LogP contribution in [0.2, 0.25) is 0 Å². The average molecular weight is 531 g/mol. The van der Waals surface area contributed by atoms with E-state index in [4.69, 9.17) is 25.8 Å². The number of ether oxygens (including phenoxy) is 3. The molecular formula is C32H35ClN2O3. The lowest BCUT2D eigenvalue weighted by atomic mass is 10.1. The lowest BCUT2D eigenvalue weighted by Gasteiger charge is -2.13. The molecule has 0 N–H and O–H groups in total. The molecule has 0 bridgehead atoms. The molecule has 4 rings (SSSR count). The molecule has 0 aliphatic rings. The molecule has 6 heteroatoms. The van der Waals surface area contributed by atoms with E-state index in [1.165, 1.54) is 0 Å². The van der Waals surface area contributed by atoms with E-state index in [9.17, 15) is 5.26 Å². The molecule has 5 nitrogen and oxygen atoms in total. The molecule has 1 heterocycles. The number of alkyl halides is 1. The van der Waals surface area contributed by atoms with Crippen LogP contribution in [0.5, 0.6) is 17.2 Å². The van der Waals surface area contributed by atoms with Crippen molar-refractivity contribution in [1.82, 2.24) is 4.57 Å². The van der Waals surface area contributed by atoms with E-state index in [-0.39, 0.29) is 0 Å². The van der Waals surface area contributed by atoms with Gasteiger partial charge in [0, 0.05) is 11.9 Å². The van der Waals surface area contributed by atoms with E-state index in [0.717, 1.165) is 70.7 Å². The van der Waals surface area contributed by atoms with E-state index < -0.39 is 0 Å². The first-order valence-electron chi connectivity index (χ1n) is 13.4. The lowest BCUT2D eigenvalue weighted by molar-refractivity contribution is 0.309. The maximum absolute atomic E-state index is 10.3. The van der Waals surface area contributed by atoms with Crippen molar-refractivity contribution in [2.45, 2.75) is 46.1 Å². The molecule has 0 aliphatic heterocycles. The third-order valence-corrected chi connectivity index (χ3v) is 6.57. The summed E-state index contributed by atoms with van der Waals surface area (Å²) in [5.41, 5.74) is 4.59. The van der Waals surface area contributed by atoms with Gasteiger partial charge in [0.2, 0.25) is 0 Å². The first-order chi connectivity index (χ1) is 18.7. The molecule has 0 amide bonds. The van der Waals surface area contributed by atoms with Crippen LogP contribution in [0.25, 0.3) is 22.2 Å². The van der Waals surface area contributed by atoms with Crippen molar-refractivity contribution in [2.75, 3.05) is 25.7 Å². The van der Waals surface area contributed by atoms with Crippen molar-refractivity contribution < 1.29 is 14.2 Å². The number of nitrogens with zero attached hydrogens (tertiary/aromatic N) is 2. The van der Waals surface area contributed by atoms with Gasteiger partial charge in [-0.1, -0.05) is 38.8 Å². The van der Waals surface area contributed by atoms with Crippen molar-refractivity contribution in [2.24, 2.45) is 0 Å². The highest BCUT2D eigenvalue weighted by atomic mass is 35.5. The summed E-state index contributed by atoms with van der Waals surface area (Å²) in [6.07, 6.45) is 4.17. The molecule has 4 aromatic rings. The Kier molecular flexibility index (Phi) is 9.95. The molecule has 38 heavy (non-hydrogen) atoms. The van der Waals surface area contributed by atoms with E-state index in [2.05, 4.69) is 42.7 Å². The molecule has 198 valence electrons. The Hall–Kier alpha value is -3.62. The lowest BCUT2D eigenvalue weighted by Crippen LogP contribution is -2.03. The quantitative estimate of drug-likeness (QED) is 0.122. The van der Waals surface area contributed by atoms with Gasteiger partial charge in [-0.3, -0.25) is 0 Å². The Balaban J connectivity index is 1.75. The number of aromatic nitrogens is 1. The standard InChI is InChI=1S/C32H35ClN2O3/c1-3-5-18-36-27-13-9-25(10-14-27)32-30(22-34)29-21-28(37-19-6-4-2)15-16-31(29)35(32)23-24-7-11-26(12-8-24)38-20-17-33/h7-16,21H,3-6,17-20,23H2,1-2H3. The van der Waals surface area contributed by atoms with Crippen LogP contribution in [0.15, 0.2) is 66.7 Å². The number of nitriles is 1. The summed E-state index contributed by atoms with van der Waals surface area (Å²) in [5, 5.41) is 11.2. The minimum Gasteiger partial charge on any atom is -0.494 e. The third-order valence-electron chi connectivity index (χ3n) is 6.42. The summed E-state index contributed by atoms with van der Waals surface area (Å²) in [7, 11) is 0. The highest BCUT2D eigenvalue weighted by Gasteiger charge is 2.20. The predicted molar refractivity (Wildman–Crippen MR) is 155 cm³/mol. The van der Waals surface area contributed by atoms with Crippen molar-refractivity contribution in [3.05, 3.63) is 77.9 Å². The second kappa shape index (κ2) is 13.8. The molecule has 3 aromatic carbocycles. The Bertz CT molecular complexity index is 1350. The van der Waals surface area contributed by atoms with Gasteiger partial charge in [-0.25, -0.2) is 0 Å². The second-order valence-corrected chi connectivity index (χ2v) is 9.59. The molecule has 1 aromatic heterocycles. The van der Waals surface area contributed by atoms with Gasteiger partial charge < -0.3 is 18.8 Å². The van der Waals surface area contributed by atoms with Crippen molar-refractivity contribution in [1.29, 1.82) is 5.26 Å². The number of rotatable bonds is 14. The summed E-state index contributed by atoms with van der Waals surface area (Å²) in [4.78, 5) is 0. The normalized spacial score (nSPS) is 10.9. The molecule has 0 fully saturated rings. The zero-order valence-corrected chi connectivity index (χ0v) is 23.0. The van der Waals surface area contributed by atoms with Crippen molar-refractivity contribution >= 4 is 22.5 Å². The number of halogens is 1. The Labute approximate surface area is 230 Å². The third kappa shape index (κ3) is 6.62. The fourth-order valence-electron chi connectivity index (χ4n) is 4.41. The van der Waals surface area contributed by atoms with Crippen LogP contribution in [0.1, 0.15) is 50.7 Å². The maximum atomic E-state index is 10.3. The first kappa shape index (κ1) is 27.4. The molecular weight excluding hydrogens is 496 g/mol. The summed E-state index contributed by atoms with van der Waals surface area (Å²) >= 11 is 5.75. The highest BCUT2D eigenvalue weighted by Crippen LogP contribution is 2.37. The van der Waals surface area contributed by atoms with Gasteiger partial charge in [-0.15, -0.1) is 11.6 Å². The van der Waals surface area contributed by atoms with Gasteiger partial charge in [0.1, 0.15) is 29.9 Å². The summed E-state index contributed by atoms with van der Waals surface area (Å²) in [5.74, 6) is 2.86. The fourth-order valence-corrected chi connectivity index (χ4v) is 4.49. The van der Waals surface area contributed by atoms with Crippen LogP contribution < -0.4 is 14.2 Å². The van der Waals surface area contributed by atoms with E-state index >= 15 is 0 Å². The summed E-state index contributed by atoms with van der Waals surface area (Å²) in [6.45, 7) is 6.73. The van der Waals surface area contributed by atoms with Gasteiger partial charge in [0.25, 0.3) is 0 Å². The van der Waals surface area contributed by atoms with Crippen LogP contribution in [-0.2, 0) is 6.54 Å². The largest absolute Gasteiger partial charge is 0.494 e. The molecule has 0 saturated carbocycles. The number of hydrogen-bond donors (Lipinski definition) is 0. The average Bonchev–Trinajstić information content (AvgIpc) is 3.25. The van der Waals surface area contributed by atoms with Crippen LogP contribution >= 0.6 is 11.6 Å². The number of unbranched alkanes of at least 4 members (excludes halogenated alkanes) is 2. The van der Waals surface area contributed by atoms with Gasteiger partial charge in [-0.2, -0.15) is 5.26 Å². The Morgan fingerprint density at radius 3 is 1.95 bits per heavy atom. The summed E-state index contributed by atoms with van der Waals surface area (Å²) < 4.78 is 19.7. The van der Waals surface area contributed by atoms with Crippen LogP contribution in [0, 0.1) is 11.3 Å². The van der Waals surface area contributed by atoms with Gasteiger partial charge >= 0.3 is 0 Å². The monoisotopic (exact) mass is 530 g/mol. The van der Waals surface area contributed by atoms with E-state index in [0.29, 0.717) is 37.8 Å². The van der Waals surface area contributed by atoms with Gasteiger partial charge in [-0.05, 0) is 78.6 Å². The van der Waals surface area contributed by atoms with Crippen LogP contribution in [0.4, 0.5) is 0 Å². The van der Waals surface area contributed by atoms with Crippen LogP contribution in [-0.4, -0.2) is 30.3 Å². The topological polar surface area (TPSA) is 56.4 Å². The zero-order chi connectivity index (χ0) is 26.7. The molecule has 0 spiro atoms. The van der Waals surface area contributed by atoms with E-state index in [1.54, 1.807) is 0 Å². The van der Waals surface area contributed by atoms with Crippen molar-refractivity contribution in [3.8, 4) is 34.6 Å². The number of benzene rings is 3. The molecule has 0 aliphatic carbocycles.